The van der Waals surface area contributed by atoms with Gasteiger partial charge in [0.15, 0.2) is 5.78 Å². The highest BCUT2D eigenvalue weighted by Crippen LogP contribution is 2.40. The summed E-state index contributed by atoms with van der Waals surface area (Å²) in [5.74, 6) is 0.533. The quantitative estimate of drug-likeness (QED) is 0.0626. The molecule has 7 rings (SSSR count). The van der Waals surface area contributed by atoms with Crippen LogP contribution in [-0.4, -0.2) is 74.6 Å². The molecule has 1 aliphatic heterocycles. The van der Waals surface area contributed by atoms with Crippen molar-refractivity contribution in [3.8, 4) is 22.3 Å². The van der Waals surface area contributed by atoms with Crippen LogP contribution in [0.2, 0.25) is 0 Å². The minimum absolute atomic E-state index is 0.0763. The molecule has 1 aromatic heterocycles. The number of likely N-dealkylation sites (tertiary alicyclic amines) is 1. The Labute approximate surface area is 339 Å². The molecule has 1 aliphatic rings. The van der Waals surface area contributed by atoms with Gasteiger partial charge in [-0.25, -0.2) is 9.69 Å². The van der Waals surface area contributed by atoms with Crippen LogP contribution >= 0.6 is 0 Å². The summed E-state index contributed by atoms with van der Waals surface area (Å²) >= 11 is 0. The van der Waals surface area contributed by atoms with E-state index in [-0.39, 0.29) is 24.3 Å². The second-order valence-corrected chi connectivity index (χ2v) is 14.2. The molecular weight excluding hydrogens is 727 g/mol. The number of hydrogen-bond donors (Lipinski definition) is 3. The van der Waals surface area contributed by atoms with Gasteiger partial charge in [-0.1, -0.05) is 109 Å². The van der Waals surface area contributed by atoms with Crippen molar-refractivity contribution in [1.29, 1.82) is 0 Å². The van der Waals surface area contributed by atoms with Crippen LogP contribution in [0.5, 0.6) is 0 Å². The Morgan fingerprint density at radius 3 is 1.91 bits per heavy atom. The molecule has 6 aromatic rings. The number of piperidine rings is 1. The minimum atomic E-state index is -0.412. The van der Waals surface area contributed by atoms with Crippen LogP contribution in [0.15, 0.2) is 156 Å². The van der Waals surface area contributed by atoms with Crippen LogP contribution in [0.1, 0.15) is 39.3 Å². The Balaban J connectivity index is 0.908. The summed E-state index contributed by atoms with van der Waals surface area (Å²) in [4.78, 5) is 44.2. The Hall–Kier alpha value is -6.33. The largest absolute Gasteiger partial charge is 0.468 e. The average molecular weight is 776 g/mol. The lowest BCUT2D eigenvalue weighted by molar-refractivity contribution is 0.0566. The molecular formula is C48H49N5O5. The number of Topliss-reactive ketones (excluding diaryl/α,β-unsaturated/α-hetero) is 1. The van der Waals surface area contributed by atoms with Crippen LogP contribution in [-0.2, 0) is 11.3 Å². The normalized spacial score (nSPS) is 13.2. The number of ether oxygens (including phenoxy) is 1. The Morgan fingerprint density at radius 2 is 1.28 bits per heavy atom. The van der Waals surface area contributed by atoms with E-state index < -0.39 is 6.09 Å². The number of rotatable bonds is 17. The maximum atomic E-state index is 14.4. The van der Waals surface area contributed by atoms with Gasteiger partial charge in [-0.05, 0) is 60.4 Å². The Kier molecular flexibility index (Phi) is 13.9. The molecule has 1 saturated heterocycles. The number of furan rings is 1. The summed E-state index contributed by atoms with van der Waals surface area (Å²) in [5, 5.41) is 9.38. The molecule has 0 spiro atoms. The number of anilines is 2. The van der Waals surface area contributed by atoms with Crippen molar-refractivity contribution in [2.45, 2.75) is 25.5 Å². The number of carbonyl (C=O) groups excluding carboxylic acids is 3. The van der Waals surface area contributed by atoms with Gasteiger partial charge in [0.25, 0.3) is 5.91 Å². The summed E-state index contributed by atoms with van der Waals surface area (Å²) in [7, 11) is 0. The van der Waals surface area contributed by atoms with Gasteiger partial charge in [-0.15, -0.1) is 0 Å². The monoisotopic (exact) mass is 775 g/mol. The van der Waals surface area contributed by atoms with Crippen molar-refractivity contribution in [1.82, 2.24) is 20.9 Å². The molecule has 3 N–H and O–H groups in total. The van der Waals surface area contributed by atoms with Crippen LogP contribution in [0.4, 0.5) is 16.2 Å². The fraction of sp³-hybridized carbons (Fsp3) is 0.229. The number of para-hydroxylation sites is 2. The fourth-order valence-corrected chi connectivity index (χ4v) is 7.20. The molecule has 2 amide bonds. The first-order valence-electron chi connectivity index (χ1n) is 19.9. The van der Waals surface area contributed by atoms with Crippen molar-refractivity contribution in [3.05, 3.63) is 169 Å². The van der Waals surface area contributed by atoms with Gasteiger partial charge in [0.2, 0.25) is 0 Å². The maximum Gasteiger partial charge on any atom is 0.419 e. The molecule has 10 nitrogen and oxygen atoms in total. The predicted octanol–water partition coefficient (Wildman–Crippen LogP) is 8.34. The highest BCUT2D eigenvalue weighted by Gasteiger charge is 2.29. The van der Waals surface area contributed by atoms with Crippen molar-refractivity contribution < 1.29 is 23.5 Å². The molecule has 5 aromatic carbocycles. The van der Waals surface area contributed by atoms with E-state index in [4.69, 9.17) is 9.15 Å². The molecule has 0 saturated carbocycles. The lowest BCUT2D eigenvalue weighted by Crippen LogP contribution is -2.42. The molecule has 0 atom stereocenters. The van der Waals surface area contributed by atoms with Crippen LogP contribution in [0.25, 0.3) is 22.3 Å². The van der Waals surface area contributed by atoms with Gasteiger partial charge in [-0.2, -0.15) is 0 Å². The van der Waals surface area contributed by atoms with E-state index in [1.54, 1.807) is 35.4 Å². The van der Waals surface area contributed by atoms with Gasteiger partial charge in [0, 0.05) is 61.5 Å². The molecule has 0 bridgehead atoms. The third-order valence-corrected chi connectivity index (χ3v) is 10.2. The molecule has 0 unspecified atom stereocenters. The molecule has 58 heavy (non-hydrogen) atoms. The van der Waals surface area contributed by atoms with Crippen molar-refractivity contribution in [3.63, 3.8) is 0 Å². The number of nitrogens with one attached hydrogen (secondary N) is 3. The van der Waals surface area contributed by atoms with E-state index >= 15 is 0 Å². The smallest absolute Gasteiger partial charge is 0.419 e. The zero-order valence-corrected chi connectivity index (χ0v) is 32.5. The highest BCUT2D eigenvalue weighted by molar-refractivity contribution is 6.04. The van der Waals surface area contributed by atoms with Crippen LogP contribution < -0.4 is 20.9 Å². The van der Waals surface area contributed by atoms with Gasteiger partial charge in [-0.3, -0.25) is 9.59 Å². The number of ketones is 1. The predicted molar refractivity (Wildman–Crippen MR) is 228 cm³/mol. The Bertz CT molecular complexity index is 2150. The molecule has 296 valence electrons. The second-order valence-electron chi connectivity index (χ2n) is 14.2. The average Bonchev–Trinajstić information content (AvgIpc) is 3.80. The molecule has 0 radical (unpaired) electrons. The molecule has 1 fully saturated rings. The van der Waals surface area contributed by atoms with E-state index in [0.717, 1.165) is 59.0 Å². The third kappa shape index (κ3) is 10.5. The summed E-state index contributed by atoms with van der Waals surface area (Å²) in [6.07, 6.45) is 2.38. The van der Waals surface area contributed by atoms with Gasteiger partial charge in [0.05, 0.1) is 30.7 Å². The zero-order chi connectivity index (χ0) is 39.9. The minimum Gasteiger partial charge on any atom is -0.468 e. The summed E-state index contributed by atoms with van der Waals surface area (Å²) < 4.78 is 11.6. The third-order valence-electron chi connectivity index (χ3n) is 10.2. The lowest BCUT2D eigenvalue weighted by atomic mass is 10.00. The van der Waals surface area contributed by atoms with Crippen molar-refractivity contribution in [2.75, 3.05) is 50.7 Å². The van der Waals surface area contributed by atoms with Gasteiger partial charge < -0.3 is 30.0 Å². The second kappa shape index (κ2) is 20.2. The van der Waals surface area contributed by atoms with E-state index in [1.165, 1.54) is 0 Å². The van der Waals surface area contributed by atoms with E-state index in [1.807, 2.05) is 97.1 Å². The molecule has 10 heteroatoms. The summed E-state index contributed by atoms with van der Waals surface area (Å²) in [5.41, 5.74) is 6.33. The highest BCUT2D eigenvalue weighted by atomic mass is 16.6. The van der Waals surface area contributed by atoms with Gasteiger partial charge in [0.1, 0.15) is 11.9 Å². The molecule has 2 heterocycles. The number of benzene rings is 5. The number of amides is 2. The first-order valence-corrected chi connectivity index (χ1v) is 19.9. The van der Waals surface area contributed by atoms with E-state index in [2.05, 4.69) is 45.1 Å². The van der Waals surface area contributed by atoms with Gasteiger partial charge >= 0.3 is 6.09 Å². The summed E-state index contributed by atoms with van der Waals surface area (Å²) in [6.45, 7) is 4.71. The van der Waals surface area contributed by atoms with Crippen LogP contribution in [0.3, 0.4) is 0 Å². The first-order chi connectivity index (χ1) is 28.5. The van der Waals surface area contributed by atoms with Crippen molar-refractivity contribution >= 4 is 29.2 Å². The number of nitrogens with zero attached hydrogens (tertiary/aromatic N) is 2. The SMILES string of the molecule is O=C(CNCCN1CCC(OC(=O)N(c2ccccc2-c2ccccc2)c2ccccc2-c2ccccc2)CC1)c1cccc(C(=O)NCCNCc2ccco2)c1. The first kappa shape index (κ1) is 39.9. The van der Waals surface area contributed by atoms with E-state index in [0.29, 0.717) is 50.1 Å². The fourth-order valence-electron chi connectivity index (χ4n) is 7.20. The van der Waals surface area contributed by atoms with E-state index in [9.17, 15) is 14.4 Å². The lowest BCUT2D eigenvalue weighted by Gasteiger charge is -2.34. The maximum absolute atomic E-state index is 14.4. The number of carbonyl (C=O) groups is 3. The standard InChI is InChI=1S/C48H49N5O5/c54-46(38-17-11-18-39(33-38)47(55)51-27-26-49-34-41-19-12-32-57-41)35-50-28-31-52-29-24-40(25-30-52)58-48(56)53(44-22-9-7-20-42(44)36-13-3-1-4-14-36)45-23-10-8-21-43(45)37-15-5-2-6-16-37/h1-23,32-33,40,49-50H,24-31,34-35H2,(H,51,55). The zero-order valence-electron chi connectivity index (χ0n) is 32.5. The van der Waals surface area contributed by atoms with Crippen molar-refractivity contribution in [2.24, 2.45) is 0 Å². The molecule has 0 aliphatic carbocycles. The summed E-state index contributed by atoms with van der Waals surface area (Å²) in [6, 6.07) is 46.7. The van der Waals surface area contributed by atoms with Crippen LogP contribution in [0, 0.1) is 0 Å². The Morgan fingerprint density at radius 1 is 0.655 bits per heavy atom. The topological polar surface area (TPSA) is 116 Å². The number of hydrogen-bond acceptors (Lipinski definition) is 8.